The molecular formula is C18H15ClN4O3. The van der Waals surface area contributed by atoms with Crippen LogP contribution in [0.5, 0.6) is 0 Å². The Bertz CT molecular complexity index is 1000. The standard InChI is InChI=1S/C18H15ClN4O3/c1-12-10-17(22(20-12)14-7-5-6-13(19)11-14)21(2)18(24)15-8-3-4-9-16(15)23(25)26/h3-11H,1-2H3. The van der Waals surface area contributed by atoms with E-state index < -0.39 is 10.8 Å². The van der Waals surface area contributed by atoms with Crippen LogP contribution in [-0.4, -0.2) is 27.7 Å². The number of aromatic nitrogens is 2. The van der Waals surface area contributed by atoms with Crippen LogP contribution < -0.4 is 4.90 Å². The maximum absolute atomic E-state index is 12.9. The van der Waals surface area contributed by atoms with E-state index in [1.165, 1.54) is 23.1 Å². The molecule has 132 valence electrons. The van der Waals surface area contributed by atoms with Crippen LogP contribution in [0.2, 0.25) is 5.02 Å². The van der Waals surface area contributed by atoms with Crippen molar-refractivity contribution in [2.24, 2.45) is 0 Å². The Morgan fingerprint density at radius 1 is 1.19 bits per heavy atom. The van der Waals surface area contributed by atoms with Crippen molar-refractivity contribution in [2.75, 3.05) is 11.9 Å². The minimum Gasteiger partial charge on any atom is -0.295 e. The number of benzene rings is 2. The summed E-state index contributed by atoms with van der Waals surface area (Å²) in [6.45, 7) is 1.80. The van der Waals surface area contributed by atoms with Crippen molar-refractivity contribution in [1.82, 2.24) is 9.78 Å². The van der Waals surface area contributed by atoms with Crippen LogP contribution in [0.25, 0.3) is 5.69 Å². The van der Waals surface area contributed by atoms with Gasteiger partial charge in [-0.15, -0.1) is 0 Å². The van der Waals surface area contributed by atoms with E-state index in [0.717, 1.165) is 0 Å². The lowest BCUT2D eigenvalue weighted by Crippen LogP contribution is -2.29. The highest BCUT2D eigenvalue weighted by Crippen LogP contribution is 2.26. The van der Waals surface area contributed by atoms with Gasteiger partial charge in [0.1, 0.15) is 11.4 Å². The molecule has 0 spiro atoms. The molecule has 0 aliphatic heterocycles. The number of carbonyl (C=O) groups is 1. The first-order valence-electron chi connectivity index (χ1n) is 7.72. The molecule has 8 heteroatoms. The van der Waals surface area contributed by atoms with Gasteiger partial charge in [-0.2, -0.15) is 5.10 Å². The zero-order valence-electron chi connectivity index (χ0n) is 14.1. The number of rotatable bonds is 4. The quantitative estimate of drug-likeness (QED) is 0.513. The Labute approximate surface area is 154 Å². The molecule has 0 bridgehead atoms. The lowest BCUT2D eigenvalue weighted by molar-refractivity contribution is -0.385. The van der Waals surface area contributed by atoms with E-state index in [1.54, 1.807) is 49.0 Å². The third-order valence-corrected chi connectivity index (χ3v) is 4.08. The zero-order chi connectivity index (χ0) is 18.8. The van der Waals surface area contributed by atoms with Crippen molar-refractivity contribution >= 4 is 29.0 Å². The first-order chi connectivity index (χ1) is 12.4. The van der Waals surface area contributed by atoms with Crippen molar-refractivity contribution in [3.8, 4) is 5.69 Å². The number of hydrogen-bond donors (Lipinski definition) is 0. The second-order valence-corrected chi connectivity index (χ2v) is 6.11. The fourth-order valence-corrected chi connectivity index (χ4v) is 2.81. The monoisotopic (exact) mass is 370 g/mol. The molecule has 3 rings (SSSR count). The number of anilines is 1. The number of aryl methyl sites for hydroxylation is 1. The van der Waals surface area contributed by atoms with E-state index in [1.807, 2.05) is 6.07 Å². The maximum atomic E-state index is 12.9. The van der Waals surface area contributed by atoms with Crippen molar-refractivity contribution in [3.05, 3.63) is 81.0 Å². The highest BCUT2D eigenvalue weighted by Gasteiger charge is 2.25. The molecular weight excluding hydrogens is 356 g/mol. The first kappa shape index (κ1) is 17.6. The molecule has 0 saturated heterocycles. The molecule has 0 saturated carbocycles. The number of nitrogens with zero attached hydrogens (tertiary/aromatic N) is 4. The van der Waals surface area contributed by atoms with Crippen molar-refractivity contribution in [3.63, 3.8) is 0 Å². The molecule has 0 aliphatic rings. The number of para-hydroxylation sites is 1. The average Bonchev–Trinajstić information content (AvgIpc) is 3.02. The molecule has 1 amide bonds. The van der Waals surface area contributed by atoms with Crippen molar-refractivity contribution in [2.45, 2.75) is 6.92 Å². The molecule has 2 aromatic carbocycles. The van der Waals surface area contributed by atoms with E-state index in [2.05, 4.69) is 5.10 Å². The Hall–Kier alpha value is -3.19. The predicted octanol–water partition coefficient (Wildman–Crippen LogP) is 4.02. The lowest BCUT2D eigenvalue weighted by atomic mass is 10.1. The van der Waals surface area contributed by atoms with Gasteiger partial charge < -0.3 is 0 Å². The third-order valence-electron chi connectivity index (χ3n) is 3.84. The summed E-state index contributed by atoms with van der Waals surface area (Å²) < 4.78 is 1.58. The van der Waals surface area contributed by atoms with Crippen LogP contribution in [-0.2, 0) is 0 Å². The number of nitro groups is 1. The van der Waals surface area contributed by atoms with Crippen LogP contribution in [0.3, 0.4) is 0 Å². The average molecular weight is 371 g/mol. The summed E-state index contributed by atoms with van der Waals surface area (Å²) >= 11 is 6.05. The molecule has 0 aliphatic carbocycles. The summed E-state index contributed by atoms with van der Waals surface area (Å²) in [7, 11) is 1.55. The van der Waals surface area contributed by atoms with E-state index in [-0.39, 0.29) is 11.3 Å². The van der Waals surface area contributed by atoms with E-state index in [9.17, 15) is 14.9 Å². The van der Waals surface area contributed by atoms with Gasteiger partial charge in [-0.1, -0.05) is 29.8 Å². The van der Waals surface area contributed by atoms with Crippen LogP contribution in [0.4, 0.5) is 11.5 Å². The molecule has 0 radical (unpaired) electrons. The zero-order valence-corrected chi connectivity index (χ0v) is 14.8. The molecule has 1 aromatic heterocycles. The Balaban J connectivity index is 2.05. The molecule has 0 N–H and O–H groups in total. The summed E-state index contributed by atoms with van der Waals surface area (Å²) in [5.41, 5.74) is 1.15. The van der Waals surface area contributed by atoms with Gasteiger partial charge in [0.15, 0.2) is 0 Å². The minimum atomic E-state index is -0.569. The summed E-state index contributed by atoms with van der Waals surface area (Å²) in [4.78, 5) is 24.9. The highest BCUT2D eigenvalue weighted by molar-refractivity contribution is 6.30. The van der Waals surface area contributed by atoms with Gasteiger partial charge in [0.05, 0.1) is 16.3 Å². The van der Waals surface area contributed by atoms with Crippen molar-refractivity contribution < 1.29 is 9.72 Å². The first-order valence-corrected chi connectivity index (χ1v) is 8.10. The third kappa shape index (κ3) is 3.29. The Kier molecular flexibility index (Phi) is 4.73. The predicted molar refractivity (Wildman–Crippen MR) is 99.1 cm³/mol. The minimum absolute atomic E-state index is 0.0106. The van der Waals surface area contributed by atoms with Gasteiger partial charge in [0.2, 0.25) is 0 Å². The SMILES string of the molecule is Cc1cc(N(C)C(=O)c2ccccc2[N+](=O)[O-])n(-c2cccc(Cl)c2)n1. The van der Waals surface area contributed by atoms with Gasteiger partial charge in [0, 0.05) is 24.2 Å². The van der Waals surface area contributed by atoms with E-state index >= 15 is 0 Å². The molecule has 0 fully saturated rings. The highest BCUT2D eigenvalue weighted by atomic mass is 35.5. The van der Waals surface area contributed by atoms with Crippen LogP contribution in [0.15, 0.2) is 54.6 Å². The number of hydrogen-bond acceptors (Lipinski definition) is 4. The lowest BCUT2D eigenvalue weighted by Gasteiger charge is -2.18. The normalized spacial score (nSPS) is 10.6. The Morgan fingerprint density at radius 3 is 2.62 bits per heavy atom. The molecule has 7 nitrogen and oxygen atoms in total. The van der Waals surface area contributed by atoms with Gasteiger partial charge in [0.25, 0.3) is 11.6 Å². The van der Waals surface area contributed by atoms with Crippen LogP contribution in [0, 0.1) is 17.0 Å². The van der Waals surface area contributed by atoms with Gasteiger partial charge >= 0.3 is 0 Å². The van der Waals surface area contributed by atoms with Gasteiger partial charge in [-0.25, -0.2) is 4.68 Å². The molecule has 0 unspecified atom stereocenters. The smallest absolute Gasteiger partial charge is 0.282 e. The second-order valence-electron chi connectivity index (χ2n) is 5.67. The maximum Gasteiger partial charge on any atom is 0.282 e. The topological polar surface area (TPSA) is 81.3 Å². The van der Waals surface area contributed by atoms with Crippen molar-refractivity contribution in [1.29, 1.82) is 0 Å². The molecule has 26 heavy (non-hydrogen) atoms. The fourth-order valence-electron chi connectivity index (χ4n) is 2.62. The van der Waals surface area contributed by atoms with Gasteiger partial charge in [-0.05, 0) is 31.2 Å². The molecule has 1 heterocycles. The second kappa shape index (κ2) is 6.97. The van der Waals surface area contributed by atoms with E-state index in [4.69, 9.17) is 11.6 Å². The van der Waals surface area contributed by atoms with Gasteiger partial charge in [-0.3, -0.25) is 19.8 Å². The summed E-state index contributed by atoms with van der Waals surface area (Å²) in [5.74, 6) is -0.0200. The molecule has 3 aromatic rings. The molecule has 0 atom stereocenters. The number of nitro benzene ring substituents is 1. The van der Waals surface area contributed by atoms with Crippen LogP contribution in [0.1, 0.15) is 16.1 Å². The summed E-state index contributed by atoms with van der Waals surface area (Å²) in [5, 5.41) is 16.2. The fraction of sp³-hybridized carbons (Fsp3) is 0.111. The summed E-state index contributed by atoms with van der Waals surface area (Å²) in [6.07, 6.45) is 0. The Morgan fingerprint density at radius 2 is 1.92 bits per heavy atom. The summed E-state index contributed by atoms with van der Waals surface area (Å²) in [6, 6.07) is 14.6. The number of carbonyl (C=O) groups excluding carboxylic acids is 1. The number of amides is 1. The van der Waals surface area contributed by atoms with E-state index in [0.29, 0.717) is 22.2 Å². The number of halogens is 1. The van der Waals surface area contributed by atoms with Crippen LogP contribution >= 0.6 is 11.6 Å². The largest absolute Gasteiger partial charge is 0.295 e.